The molecule has 0 aliphatic rings. The maximum atomic E-state index is 10.5. The van der Waals surface area contributed by atoms with Crippen LogP contribution in [0.2, 0.25) is 0 Å². The normalized spacial score (nSPS) is 10.4. The van der Waals surface area contributed by atoms with E-state index in [1.54, 1.807) is 18.2 Å². The third kappa shape index (κ3) is 3.23. The molecule has 0 aliphatic heterocycles. The van der Waals surface area contributed by atoms with Crippen molar-refractivity contribution in [3.8, 4) is 22.1 Å². The van der Waals surface area contributed by atoms with Gasteiger partial charge < -0.3 is 14.9 Å². The summed E-state index contributed by atoms with van der Waals surface area (Å²) in [6, 6.07) is 5.06. The predicted octanol–water partition coefficient (Wildman–Crippen LogP) is 2.54. The van der Waals surface area contributed by atoms with Crippen LogP contribution in [0.4, 0.5) is 0 Å². The Morgan fingerprint density at radius 3 is 2.89 bits per heavy atom. The van der Waals surface area contributed by atoms with Crippen LogP contribution in [0.15, 0.2) is 23.6 Å². The lowest BCUT2D eigenvalue weighted by molar-refractivity contribution is -0.136. The highest BCUT2D eigenvalue weighted by Crippen LogP contribution is 2.32. The van der Waals surface area contributed by atoms with Crippen LogP contribution >= 0.6 is 11.3 Å². The lowest BCUT2D eigenvalue weighted by Gasteiger charge is -2.04. The van der Waals surface area contributed by atoms with Gasteiger partial charge in [-0.15, -0.1) is 11.3 Å². The van der Waals surface area contributed by atoms with E-state index in [1.807, 2.05) is 5.38 Å². The van der Waals surface area contributed by atoms with Gasteiger partial charge in [0.15, 0.2) is 11.5 Å². The average Bonchev–Trinajstić information content (AvgIpc) is 2.85. The van der Waals surface area contributed by atoms with Crippen molar-refractivity contribution in [1.82, 2.24) is 4.98 Å². The molecule has 0 bridgehead atoms. The number of thiazole rings is 1. The first-order valence-electron chi connectivity index (χ1n) is 5.63. The number of nitrogens with zero attached hydrogens (tertiary/aromatic N) is 1. The van der Waals surface area contributed by atoms with Crippen LogP contribution in [0.25, 0.3) is 10.6 Å². The summed E-state index contributed by atoms with van der Waals surface area (Å²) in [4.78, 5) is 14.8. The van der Waals surface area contributed by atoms with Crippen molar-refractivity contribution in [1.29, 1.82) is 0 Å². The van der Waals surface area contributed by atoms with Gasteiger partial charge in [-0.1, -0.05) is 0 Å². The molecule has 0 fully saturated rings. The van der Waals surface area contributed by atoms with Crippen molar-refractivity contribution >= 4 is 17.3 Å². The molecule has 5 nitrogen and oxygen atoms in total. The second-order valence-electron chi connectivity index (χ2n) is 3.92. The molecule has 1 aromatic carbocycles. The smallest absolute Gasteiger partial charge is 0.303 e. The summed E-state index contributed by atoms with van der Waals surface area (Å²) in [5.41, 5.74) is 1.53. The van der Waals surface area contributed by atoms with E-state index in [4.69, 9.17) is 9.84 Å². The fourth-order valence-corrected chi connectivity index (χ4v) is 2.46. The minimum atomic E-state index is -0.836. The number of aliphatic carboxylic acids is 1. The maximum Gasteiger partial charge on any atom is 0.303 e. The lowest BCUT2D eigenvalue weighted by Crippen LogP contribution is -1.97. The summed E-state index contributed by atoms with van der Waals surface area (Å²) in [7, 11) is 1.49. The average molecular weight is 279 g/mol. The van der Waals surface area contributed by atoms with Crippen LogP contribution in [0, 0.1) is 0 Å². The third-order valence-electron chi connectivity index (χ3n) is 2.57. The predicted molar refractivity (Wildman–Crippen MR) is 71.7 cm³/mol. The molecule has 0 aliphatic carbocycles. The molecule has 0 unspecified atom stereocenters. The fraction of sp³-hybridized carbons (Fsp3) is 0.231. The van der Waals surface area contributed by atoms with Gasteiger partial charge in [-0.25, -0.2) is 4.98 Å². The molecule has 1 aromatic heterocycles. The summed E-state index contributed by atoms with van der Waals surface area (Å²) >= 11 is 1.42. The molecule has 0 saturated carbocycles. The Hall–Kier alpha value is -2.08. The van der Waals surface area contributed by atoms with Crippen molar-refractivity contribution in [3.05, 3.63) is 29.3 Å². The summed E-state index contributed by atoms with van der Waals surface area (Å²) in [6.45, 7) is 0. The number of ether oxygens (including phenoxy) is 1. The largest absolute Gasteiger partial charge is 0.504 e. The number of phenolic OH excluding ortho intramolecular Hbond substituents is 1. The number of aromatic nitrogens is 1. The van der Waals surface area contributed by atoms with Crippen molar-refractivity contribution in [2.24, 2.45) is 0 Å². The summed E-state index contributed by atoms with van der Waals surface area (Å²) < 4.78 is 4.97. The molecular formula is C13H13NO4S. The first-order valence-corrected chi connectivity index (χ1v) is 6.51. The zero-order valence-electron chi connectivity index (χ0n) is 10.3. The number of carbonyl (C=O) groups is 1. The van der Waals surface area contributed by atoms with E-state index in [-0.39, 0.29) is 12.2 Å². The Balaban J connectivity index is 2.18. The Labute approximate surface area is 114 Å². The zero-order valence-corrected chi connectivity index (χ0v) is 11.1. The lowest BCUT2D eigenvalue weighted by atomic mass is 10.2. The molecule has 6 heteroatoms. The molecule has 0 saturated heterocycles. The highest BCUT2D eigenvalue weighted by Gasteiger charge is 2.09. The first-order chi connectivity index (χ1) is 9.10. The highest BCUT2D eigenvalue weighted by atomic mass is 32.1. The molecule has 0 atom stereocenters. The number of methoxy groups -OCH3 is 1. The molecular weight excluding hydrogens is 266 g/mol. The molecule has 2 aromatic rings. The van der Waals surface area contributed by atoms with Gasteiger partial charge in [-0.3, -0.25) is 4.79 Å². The SMILES string of the molecule is COc1ccc(-c2nc(CCC(=O)O)cs2)cc1O. The van der Waals surface area contributed by atoms with Crippen molar-refractivity contribution in [3.63, 3.8) is 0 Å². The van der Waals surface area contributed by atoms with Gasteiger partial charge in [-0.2, -0.15) is 0 Å². The number of carboxylic acids is 1. The summed E-state index contributed by atoms with van der Waals surface area (Å²) in [5, 5.41) is 20.9. The minimum absolute atomic E-state index is 0.0577. The number of carboxylic acid groups (broad SMARTS) is 1. The van der Waals surface area contributed by atoms with Crippen molar-refractivity contribution < 1.29 is 19.7 Å². The number of hydrogen-bond acceptors (Lipinski definition) is 5. The van der Waals surface area contributed by atoms with Crippen LogP contribution in [0.5, 0.6) is 11.5 Å². The zero-order chi connectivity index (χ0) is 13.8. The number of hydrogen-bond donors (Lipinski definition) is 2. The molecule has 1 heterocycles. The summed E-state index contributed by atoms with van der Waals surface area (Å²) in [5.74, 6) is -0.370. The van der Waals surface area contributed by atoms with Gasteiger partial charge in [0, 0.05) is 17.4 Å². The van der Waals surface area contributed by atoms with E-state index in [0.717, 1.165) is 16.3 Å². The van der Waals surface area contributed by atoms with Crippen LogP contribution in [0.3, 0.4) is 0 Å². The maximum absolute atomic E-state index is 10.5. The van der Waals surface area contributed by atoms with Gasteiger partial charge in [0.2, 0.25) is 0 Å². The standard InChI is InChI=1S/C13H13NO4S/c1-18-11-4-2-8(6-10(11)15)13-14-9(7-19-13)3-5-12(16)17/h2,4,6-7,15H,3,5H2,1H3,(H,16,17). The first kappa shape index (κ1) is 13.4. The molecule has 0 amide bonds. The van der Waals surface area contributed by atoms with Crippen LogP contribution < -0.4 is 4.74 Å². The van der Waals surface area contributed by atoms with E-state index in [9.17, 15) is 9.90 Å². The van der Waals surface area contributed by atoms with Gasteiger partial charge >= 0.3 is 5.97 Å². The molecule has 19 heavy (non-hydrogen) atoms. The summed E-state index contributed by atoms with van der Waals surface area (Å²) in [6.07, 6.45) is 0.477. The molecule has 0 spiro atoms. The van der Waals surface area contributed by atoms with Crippen LogP contribution in [0.1, 0.15) is 12.1 Å². The minimum Gasteiger partial charge on any atom is -0.504 e. The van der Waals surface area contributed by atoms with Crippen molar-refractivity contribution in [2.75, 3.05) is 7.11 Å². The molecule has 100 valence electrons. The van der Waals surface area contributed by atoms with E-state index < -0.39 is 5.97 Å². The van der Waals surface area contributed by atoms with Gasteiger partial charge in [0.05, 0.1) is 19.2 Å². The Morgan fingerprint density at radius 1 is 1.47 bits per heavy atom. The Bertz CT molecular complexity index is 594. The van der Waals surface area contributed by atoms with E-state index in [1.165, 1.54) is 18.4 Å². The van der Waals surface area contributed by atoms with Gasteiger partial charge in [0.1, 0.15) is 5.01 Å². The molecule has 2 rings (SSSR count). The molecule has 2 N–H and O–H groups in total. The highest BCUT2D eigenvalue weighted by molar-refractivity contribution is 7.13. The van der Waals surface area contributed by atoms with E-state index >= 15 is 0 Å². The Kier molecular flexibility index (Phi) is 4.01. The monoisotopic (exact) mass is 279 g/mol. The third-order valence-corrected chi connectivity index (χ3v) is 3.51. The van der Waals surface area contributed by atoms with E-state index in [0.29, 0.717) is 12.2 Å². The van der Waals surface area contributed by atoms with Gasteiger partial charge in [0.25, 0.3) is 0 Å². The Morgan fingerprint density at radius 2 is 2.26 bits per heavy atom. The molecule has 0 radical (unpaired) electrons. The van der Waals surface area contributed by atoms with Crippen LogP contribution in [-0.2, 0) is 11.2 Å². The fourth-order valence-electron chi connectivity index (χ4n) is 1.61. The number of phenols is 1. The van der Waals surface area contributed by atoms with Gasteiger partial charge in [-0.05, 0) is 18.2 Å². The quantitative estimate of drug-likeness (QED) is 0.879. The van der Waals surface area contributed by atoms with E-state index in [2.05, 4.69) is 4.98 Å². The second kappa shape index (κ2) is 5.71. The number of rotatable bonds is 5. The van der Waals surface area contributed by atoms with Crippen molar-refractivity contribution in [2.45, 2.75) is 12.8 Å². The number of aromatic hydroxyl groups is 1. The second-order valence-corrected chi connectivity index (χ2v) is 4.78. The number of aryl methyl sites for hydroxylation is 1. The topological polar surface area (TPSA) is 79.7 Å². The van der Waals surface area contributed by atoms with Crippen LogP contribution in [-0.4, -0.2) is 28.3 Å². The number of benzene rings is 1.